The maximum absolute atomic E-state index is 10.7. The molecule has 0 aromatic rings. The van der Waals surface area contributed by atoms with Crippen LogP contribution in [0.5, 0.6) is 0 Å². The van der Waals surface area contributed by atoms with Crippen molar-refractivity contribution in [2.45, 2.75) is 78.1 Å². The van der Waals surface area contributed by atoms with Gasteiger partial charge in [-0.1, -0.05) is 57.6 Å². The molecule has 0 spiro atoms. The number of rotatable bonds is 11. The lowest BCUT2D eigenvalue weighted by atomic mass is 10.1. The van der Waals surface area contributed by atoms with Crippen molar-refractivity contribution in [1.29, 1.82) is 0 Å². The van der Waals surface area contributed by atoms with Gasteiger partial charge in [0.2, 0.25) is 0 Å². The van der Waals surface area contributed by atoms with Crippen LogP contribution in [0.3, 0.4) is 0 Å². The van der Waals surface area contributed by atoms with E-state index in [9.17, 15) is 4.79 Å². The minimum Gasteiger partial charge on any atom is -0.300 e. The third-order valence-corrected chi connectivity index (χ3v) is 2.80. The fraction of sp³-hybridized carbons (Fsp3) is 0.800. The number of hydrogen-bond acceptors (Lipinski definition) is 1. The van der Waals surface area contributed by atoms with Crippen molar-refractivity contribution in [3.8, 4) is 0 Å². The molecule has 0 saturated heterocycles. The molecule has 0 rings (SSSR count). The Bertz CT molecular complexity index is 182. The predicted octanol–water partition coefficient (Wildman–Crippen LogP) is 5.05. The van der Waals surface area contributed by atoms with Crippen LogP contribution in [0, 0.1) is 0 Å². The smallest absolute Gasteiger partial charge is 0.130 e. The van der Waals surface area contributed by atoms with E-state index in [1.807, 2.05) is 0 Å². The molecule has 0 N–H and O–H groups in total. The molecular formula is C15H28O. The Morgan fingerprint density at radius 1 is 0.875 bits per heavy atom. The lowest BCUT2D eigenvalue weighted by Crippen LogP contribution is -1.86. The summed E-state index contributed by atoms with van der Waals surface area (Å²) in [4.78, 5) is 10.7. The summed E-state index contributed by atoms with van der Waals surface area (Å²) in [5.41, 5.74) is 0. The molecule has 94 valence electrons. The van der Waals surface area contributed by atoms with Crippen molar-refractivity contribution in [3.05, 3.63) is 12.2 Å². The zero-order valence-electron chi connectivity index (χ0n) is 11.1. The Balaban J connectivity index is 3.05. The molecule has 0 aliphatic rings. The molecule has 0 unspecified atom stereocenters. The van der Waals surface area contributed by atoms with Crippen LogP contribution in [0.2, 0.25) is 0 Å². The Labute approximate surface area is 101 Å². The molecule has 0 saturated carbocycles. The van der Waals surface area contributed by atoms with E-state index in [0.717, 1.165) is 6.42 Å². The molecule has 1 nitrogen and oxygen atoms in total. The van der Waals surface area contributed by atoms with E-state index in [0.29, 0.717) is 12.2 Å². The Kier molecular flexibility index (Phi) is 12.0. The molecule has 0 aromatic carbocycles. The summed E-state index contributed by atoms with van der Waals surface area (Å²) < 4.78 is 0. The van der Waals surface area contributed by atoms with Gasteiger partial charge in [-0.05, 0) is 26.2 Å². The van der Waals surface area contributed by atoms with Crippen molar-refractivity contribution >= 4 is 5.78 Å². The van der Waals surface area contributed by atoms with E-state index < -0.39 is 0 Å². The molecule has 0 amide bonds. The molecule has 0 aliphatic heterocycles. The van der Waals surface area contributed by atoms with Gasteiger partial charge in [-0.25, -0.2) is 0 Å². The highest BCUT2D eigenvalue weighted by molar-refractivity contribution is 5.75. The number of carbonyl (C=O) groups is 1. The number of Topliss-reactive ketones (excluding diaryl/α,β-unsaturated/α-hetero) is 1. The van der Waals surface area contributed by atoms with Gasteiger partial charge in [-0.15, -0.1) is 0 Å². The van der Waals surface area contributed by atoms with Crippen molar-refractivity contribution < 1.29 is 4.79 Å². The van der Waals surface area contributed by atoms with E-state index in [1.165, 1.54) is 51.4 Å². The Morgan fingerprint density at radius 3 is 2.06 bits per heavy atom. The molecule has 0 aliphatic carbocycles. The molecule has 0 fully saturated rings. The molecule has 0 heterocycles. The first kappa shape index (κ1) is 15.4. The molecule has 0 bridgehead atoms. The van der Waals surface area contributed by atoms with Gasteiger partial charge in [-0.3, -0.25) is 0 Å². The second-order valence-corrected chi connectivity index (χ2v) is 4.62. The summed E-state index contributed by atoms with van der Waals surface area (Å²) in [5, 5.41) is 0. The monoisotopic (exact) mass is 224 g/mol. The number of hydrogen-bond donors (Lipinski definition) is 0. The van der Waals surface area contributed by atoms with Gasteiger partial charge in [-0.2, -0.15) is 0 Å². The highest BCUT2D eigenvalue weighted by atomic mass is 16.1. The first-order valence-corrected chi connectivity index (χ1v) is 6.91. The zero-order chi connectivity index (χ0) is 12.1. The van der Waals surface area contributed by atoms with Crippen LogP contribution < -0.4 is 0 Å². The SMILES string of the molecule is CCCCCCCCC/C=C/CCC(C)=O. The number of ketones is 1. The van der Waals surface area contributed by atoms with Crippen LogP contribution in [0.1, 0.15) is 78.1 Å². The minimum absolute atomic E-state index is 0.292. The first-order valence-electron chi connectivity index (χ1n) is 6.91. The van der Waals surface area contributed by atoms with E-state index in [-0.39, 0.29) is 0 Å². The first-order chi connectivity index (χ1) is 7.77. The van der Waals surface area contributed by atoms with Crippen LogP contribution in [-0.4, -0.2) is 5.78 Å². The lowest BCUT2D eigenvalue weighted by Gasteiger charge is -1.98. The normalized spacial score (nSPS) is 11.1. The molecule has 16 heavy (non-hydrogen) atoms. The summed E-state index contributed by atoms with van der Waals surface area (Å²) in [5.74, 6) is 0.292. The highest BCUT2D eigenvalue weighted by Crippen LogP contribution is 2.08. The van der Waals surface area contributed by atoms with Crippen LogP contribution >= 0.6 is 0 Å². The summed E-state index contributed by atoms with van der Waals surface area (Å²) in [6.45, 7) is 3.91. The van der Waals surface area contributed by atoms with E-state index in [2.05, 4.69) is 19.1 Å². The average molecular weight is 224 g/mol. The largest absolute Gasteiger partial charge is 0.300 e. The molecule has 0 radical (unpaired) electrons. The van der Waals surface area contributed by atoms with Crippen LogP contribution in [0.4, 0.5) is 0 Å². The maximum Gasteiger partial charge on any atom is 0.130 e. The average Bonchev–Trinajstić information content (AvgIpc) is 2.25. The molecule has 0 aromatic heterocycles. The zero-order valence-corrected chi connectivity index (χ0v) is 11.1. The van der Waals surface area contributed by atoms with Crippen molar-refractivity contribution in [2.75, 3.05) is 0 Å². The van der Waals surface area contributed by atoms with Gasteiger partial charge in [0.1, 0.15) is 5.78 Å². The summed E-state index contributed by atoms with van der Waals surface area (Å²) in [6.07, 6.45) is 16.8. The number of allylic oxidation sites excluding steroid dienone is 2. The van der Waals surface area contributed by atoms with Gasteiger partial charge < -0.3 is 4.79 Å². The third-order valence-electron chi connectivity index (χ3n) is 2.80. The third kappa shape index (κ3) is 13.4. The standard InChI is InChI=1S/C15H28O/c1-3-4-5-6-7-8-9-10-11-12-13-14-15(2)16/h11-12H,3-10,13-14H2,1-2H3/b12-11+. The number of unbranched alkanes of at least 4 members (excludes halogenated alkanes) is 7. The quantitative estimate of drug-likeness (QED) is 0.354. The van der Waals surface area contributed by atoms with Crippen LogP contribution in [-0.2, 0) is 4.79 Å². The lowest BCUT2D eigenvalue weighted by molar-refractivity contribution is -0.116. The Morgan fingerprint density at radius 2 is 1.44 bits per heavy atom. The fourth-order valence-corrected chi connectivity index (χ4v) is 1.74. The van der Waals surface area contributed by atoms with Gasteiger partial charge in [0.25, 0.3) is 0 Å². The number of carbonyl (C=O) groups excluding carboxylic acids is 1. The van der Waals surface area contributed by atoms with Gasteiger partial charge >= 0.3 is 0 Å². The highest BCUT2D eigenvalue weighted by Gasteiger charge is 1.90. The van der Waals surface area contributed by atoms with E-state index in [4.69, 9.17) is 0 Å². The topological polar surface area (TPSA) is 17.1 Å². The van der Waals surface area contributed by atoms with Crippen molar-refractivity contribution in [1.82, 2.24) is 0 Å². The van der Waals surface area contributed by atoms with Crippen LogP contribution in [0.25, 0.3) is 0 Å². The predicted molar refractivity (Wildman–Crippen MR) is 71.7 cm³/mol. The van der Waals surface area contributed by atoms with Gasteiger partial charge in [0, 0.05) is 6.42 Å². The second-order valence-electron chi connectivity index (χ2n) is 4.62. The summed E-state index contributed by atoms with van der Waals surface area (Å²) in [7, 11) is 0. The molecular weight excluding hydrogens is 196 g/mol. The minimum atomic E-state index is 0.292. The van der Waals surface area contributed by atoms with Crippen LogP contribution in [0.15, 0.2) is 12.2 Å². The van der Waals surface area contributed by atoms with E-state index >= 15 is 0 Å². The summed E-state index contributed by atoms with van der Waals surface area (Å²) >= 11 is 0. The molecule has 1 heteroatoms. The van der Waals surface area contributed by atoms with Crippen molar-refractivity contribution in [3.63, 3.8) is 0 Å². The summed E-state index contributed by atoms with van der Waals surface area (Å²) in [6, 6.07) is 0. The van der Waals surface area contributed by atoms with E-state index in [1.54, 1.807) is 6.92 Å². The van der Waals surface area contributed by atoms with Gasteiger partial charge in [0.05, 0.1) is 0 Å². The second kappa shape index (κ2) is 12.5. The fourth-order valence-electron chi connectivity index (χ4n) is 1.74. The Hall–Kier alpha value is -0.590. The maximum atomic E-state index is 10.7. The van der Waals surface area contributed by atoms with Gasteiger partial charge in [0.15, 0.2) is 0 Å². The van der Waals surface area contributed by atoms with Crippen molar-refractivity contribution in [2.24, 2.45) is 0 Å². The molecule has 0 atom stereocenters.